The van der Waals surface area contributed by atoms with Crippen LogP contribution in [0.15, 0.2) is 34.2 Å². The third-order valence-electron chi connectivity index (χ3n) is 3.15. The lowest BCUT2D eigenvalue weighted by Gasteiger charge is -2.03. The molecule has 118 valence electrons. The van der Waals surface area contributed by atoms with Gasteiger partial charge in [-0.3, -0.25) is 0 Å². The summed E-state index contributed by atoms with van der Waals surface area (Å²) in [7, 11) is 0. The monoisotopic (exact) mass is 329 g/mol. The average molecular weight is 329 g/mol. The van der Waals surface area contributed by atoms with E-state index in [2.05, 4.69) is 15.1 Å². The van der Waals surface area contributed by atoms with Crippen molar-refractivity contribution in [2.45, 2.75) is 26.9 Å². The Kier molecular flexibility index (Phi) is 4.47. The maximum Gasteiger partial charge on any atom is 0.338 e. The Hall–Kier alpha value is -2.54. The smallest absolute Gasteiger partial charge is 0.338 e. The molecule has 3 aromatic rings. The number of aryl methyl sites for hydroxylation is 2. The van der Waals surface area contributed by atoms with Gasteiger partial charge in [-0.25, -0.2) is 9.78 Å². The molecule has 3 rings (SSSR count). The molecule has 0 saturated heterocycles. The van der Waals surface area contributed by atoms with Crippen molar-refractivity contribution in [3.63, 3.8) is 0 Å². The normalized spacial score (nSPS) is 10.7. The van der Waals surface area contributed by atoms with E-state index in [-0.39, 0.29) is 12.6 Å². The van der Waals surface area contributed by atoms with Gasteiger partial charge >= 0.3 is 5.97 Å². The van der Waals surface area contributed by atoms with Crippen LogP contribution in [0.5, 0.6) is 0 Å². The van der Waals surface area contributed by atoms with E-state index in [4.69, 9.17) is 9.26 Å². The fourth-order valence-electron chi connectivity index (χ4n) is 1.96. The minimum Gasteiger partial charge on any atom is -0.456 e. The average Bonchev–Trinajstić information content (AvgIpc) is 3.21. The van der Waals surface area contributed by atoms with Crippen molar-refractivity contribution >= 4 is 17.3 Å². The van der Waals surface area contributed by atoms with E-state index >= 15 is 0 Å². The Morgan fingerprint density at radius 3 is 2.65 bits per heavy atom. The number of benzene rings is 1. The first-order valence-electron chi connectivity index (χ1n) is 7.17. The molecule has 2 heterocycles. The summed E-state index contributed by atoms with van der Waals surface area (Å²) in [4.78, 5) is 20.6. The third-order valence-corrected chi connectivity index (χ3v) is 4.19. The van der Waals surface area contributed by atoms with Crippen LogP contribution in [0.25, 0.3) is 11.5 Å². The molecule has 0 aliphatic rings. The number of aromatic nitrogens is 3. The lowest BCUT2D eigenvalue weighted by Crippen LogP contribution is -2.05. The van der Waals surface area contributed by atoms with Crippen molar-refractivity contribution in [1.29, 1.82) is 0 Å². The zero-order valence-electron chi connectivity index (χ0n) is 12.8. The number of carbonyl (C=O) groups is 1. The standard InChI is InChI=1S/C16H15N3O3S/c1-3-14-18-13(9-23-14)8-21-16(20)12-6-4-11(5-7-12)15-17-10(2)19-22-15/h4-7,9H,3,8H2,1-2H3. The van der Waals surface area contributed by atoms with E-state index < -0.39 is 0 Å². The lowest BCUT2D eigenvalue weighted by atomic mass is 10.1. The van der Waals surface area contributed by atoms with Crippen molar-refractivity contribution in [1.82, 2.24) is 15.1 Å². The molecule has 0 radical (unpaired) electrons. The summed E-state index contributed by atoms with van der Waals surface area (Å²) >= 11 is 1.57. The Morgan fingerprint density at radius 2 is 2.04 bits per heavy atom. The van der Waals surface area contributed by atoms with Crippen LogP contribution in [0.3, 0.4) is 0 Å². The molecule has 0 amide bonds. The van der Waals surface area contributed by atoms with Crippen molar-refractivity contribution in [2.75, 3.05) is 0 Å². The summed E-state index contributed by atoms with van der Waals surface area (Å²) in [6.07, 6.45) is 0.884. The number of carbonyl (C=O) groups excluding carboxylic acids is 1. The Bertz CT molecular complexity index is 808. The van der Waals surface area contributed by atoms with Gasteiger partial charge in [-0.15, -0.1) is 11.3 Å². The summed E-state index contributed by atoms with van der Waals surface area (Å²) in [5, 5.41) is 6.69. The molecule has 0 fully saturated rings. The number of ether oxygens (including phenoxy) is 1. The second-order valence-corrected chi connectivity index (χ2v) is 5.83. The highest BCUT2D eigenvalue weighted by atomic mass is 32.1. The predicted octanol–water partition coefficient (Wildman–Crippen LogP) is 3.42. The summed E-state index contributed by atoms with van der Waals surface area (Å²) < 4.78 is 10.4. The Morgan fingerprint density at radius 1 is 1.26 bits per heavy atom. The molecule has 0 bridgehead atoms. The number of thiazole rings is 1. The molecule has 0 atom stereocenters. The topological polar surface area (TPSA) is 78.1 Å². The van der Waals surface area contributed by atoms with Gasteiger partial charge < -0.3 is 9.26 Å². The molecule has 2 aromatic heterocycles. The highest BCUT2D eigenvalue weighted by Crippen LogP contribution is 2.18. The van der Waals surface area contributed by atoms with E-state index in [0.717, 1.165) is 22.7 Å². The summed E-state index contributed by atoms with van der Waals surface area (Å²) in [5.41, 5.74) is 2.00. The SMILES string of the molecule is CCc1nc(COC(=O)c2ccc(-c3nc(C)no3)cc2)cs1. The zero-order chi connectivity index (χ0) is 16.2. The van der Waals surface area contributed by atoms with Crippen molar-refractivity contribution < 1.29 is 14.1 Å². The first-order valence-corrected chi connectivity index (χ1v) is 8.05. The van der Waals surface area contributed by atoms with Gasteiger partial charge in [-0.2, -0.15) is 4.98 Å². The molecule has 7 heteroatoms. The second-order valence-electron chi connectivity index (χ2n) is 4.89. The highest BCUT2D eigenvalue weighted by molar-refractivity contribution is 7.09. The van der Waals surface area contributed by atoms with Crippen LogP contribution in [0.4, 0.5) is 0 Å². The molecule has 0 saturated carbocycles. The fraction of sp³-hybridized carbons (Fsp3) is 0.250. The molecule has 0 N–H and O–H groups in total. The van der Waals surface area contributed by atoms with Crippen molar-refractivity contribution in [2.24, 2.45) is 0 Å². The molecular weight excluding hydrogens is 314 g/mol. The lowest BCUT2D eigenvalue weighted by molar-refractivity contribution is 0.0468. The maximum absolute atomic E-state index is 12.0. The van der Waals surface area contributed by atoms with Gasteiger partial charge in [-0.1, -0.05) is 12.1 Å². The van der Waals surface area contributed by atoms with Crippen LogP contribution in [0.2, 0.25) is 0 Å². The molecule has 23 heavy (non-hydrogen) atoms. The maximum atomic E-state index is 12.0. The van der Waals surface area contributed by atoms with Crippen LogP contribution in [0, 0.1) is 6.92 Å². The number of hydrogen-bond donors (Lipinski definition) is 0. The van der Waals surface area contributed by atoms with E-state index in [0.29, 0.717) is 17.3 Å². The van der Waals surface area contributed by atoms with Gasteiger partial charge in [0.05, 0.1) is 16.3 Å². The molecule has 0 spiro atoms. The Balaban J connectivity index is 1.63. The number of nitrogens with zero attached hydrogens (tertiary/aromatic N) is 3. The summed E-state index contributed by atoms with van der Waals surface area (Å²) in [6, 6.07) is 6.86. The van der Waals surface area contributed by atoms with Crippen LogP contribution in [-0.4, -0.2) is 21.1 Å². The zero-order valence-corrected chi connectivity index (χ0v) is 13.6. The van der Waals surface area contributed by atoms with Crippen LogP contribution < -0.4 is 0 Å². The van der Waals surface area contributed by atoms with Crippen molar-refractivity contribution in [3.05, 3.63) is 51.7 Å². The van der Waals surface area contributed by atoms with E-state index in [1.807, 2.05) is 12.3 Å². The van der Waals surface area contributed by atoms with Crippen molar-refractivity contribution in [3.8, 4) is 11.5 Å². The third kappa shape index (κ3) is 3.62. The van der Waals surface area contributed by atoms with E-state index in [9.17, 15) is 4.79 Å². The van der Waals surface area contributed by atoms with Gasteiger partial charge in [-0.05, 0) is 37.6 Å². The Labute approximate surface area is 137 Å². The minimum absolute atomic E-state index is 0.180. The summed E-state index contributed by atoms with van der Waals surface area (Å²) in [6.45, 7) is 3.97. The number of rotatable bonds is 5. The molecular formula is C16H15N3O3S. The largest absolute Gasteiger partial charge is 0.456 e. The van der Waals surface area contributed by atoms with Crippen LogP contribution in [-0.2, 0) is 17.8 Å². The molecule has 0 unspecified atom stereocenters. The van der Waals surface area contributed by atoms with Gasteiger partial charge in [0.1, 0.15) is 6.61 Å². The number of hydrogen-bond acceptors (Lipinski definition) is 7. The molecule has 0 aliphatic carbocycles. The quantitative estimate of drug-likeness (QED) is 0.667. The van der Waals surface area contributed by atoms with Gasteiger partial charge in [0.15, 0.2) is 5.82 Å². The van der Waals surface area contributed by atoms with Gasteiger partial charge in [0.2, 0.25) is 0 Å². The minimum atomic E-state index is -0.385. The highest BCUT2D eigenvalue weighted by Gasteiger charge is 2.11. The fourth-order valence-corrected chi connectivity index (χ4v) is 2.69. The first kappa shape index (κ1) is 15.4. The van der Waals surface area contributed by atoms with E-state index in [1.54, 1.807) is 42.5 Å². The number of esters is 1. The second kappa shape index (κ2) is 6.70. The summed E-state index contributed by atoms with van der Waals surface area (Å²) in [5.74, 6) is 0.611. The van der Waals surface area contributed by atoms with E-state index in [1.165, 1.54) is 0 Å². The predicted molar refractivity (Wildman–Crippen MR) is 85.1 cm³/mol. The van der Waals surface area contributed by atoms with Crippen LogP contribution >= 0.6 is 11.3 Å². The van der Waals surface area contributed by atoms with Gasteiger partial charge in [0, 0.05) is 10.9 Å². The first-order chi connectivity index (χ1) is 11.2. The molecule has 0 aliphatic heterocycles. The molecule has 1 aromatic carbocycles. The van der Waals surface area contributed by atoms with Crippen LogP contribution in [0.1, 0.15) is 33.8 Å². The van der Waals surface area contributed by atoms with Gasteiger partial charge in [0.25, 0.3) is 5.89 Å². The molecule has 6 nitrogen and oxygen atoms in total.